The Kier molecular flexibility index (Phi) is 3.42. The summed E-state index contributed by atoms with van der Waals surface area (Å²) in [7, 11) is 2.10. The number of hydrogen-bond acceptors (Lipinski definition) is 2. The predicted molar refractivity (Wildman–Crippen MR) is 82.4 cm³/mol. The van der Waals surface area contributed by atoms with Crippen LogP contribution in [0.3, 0.4) is 0 Å². The summed E-state index contributed by atoms with van der Waals surface area (Å²) in [6, 6.07) is 15.5. The maximum Gasteiger partial charge on any atom is 0.255 e. The molecule has 2 aromatic rings. The number of carbonyl (C=O) groups excluding carboxylic acids is 1. The highest BCUT2D eigenvalue weighted by Gasteiger charge is 2.14. The second-order valence-electron chi connectivity index (χ2n) is 5.19. The van der Waals surface area contributed by atoms with Crippen molar-refractivity contribution in [2.45, 2.75) is 12.8 Å². The van der Waals surface area contributed by atoms with Crippen LogP contribution in [0.25, 0.3) is 0 Å². The zero-order valence-corrected chi connectivity index (χ0v) is 11.6. The van der Waals surface area contributed by atoms with Gasteiger partial charge in [-0.25, -0.2) is 0 Å². The Hall–Kier alpha value is -2.29. The average molecular weight is 266 g/mol. The molecule has 1 aliphatic rings. The van der Waals surface area contributed by atoms with Gasteiger partial charge in [0.1, 0.15) is 0 Å². The van der Waals surface area contributed by atoms with Crippen molar-refractivity contribution < 1.29 is 4.79 Å². The molecule has 0 saturated heterocycles. The van der Waals surface area contributed by atoms with E-state index in [2.05, 4.69) is 29.4 Å². The lowest BCUT2D eigenvalue weighted by Crippen LogP contribution is -2.24. The normalized spacial score (nSPS) is 13.8. The van der Waals surface area contributed by atoms with Crippen molar-refractivity contribution in [2.24, 2.45) is 0 Å². The molecule has 0 unspecified atom stereocenters. The van der Waals surface area contributed by atoms with E-state index in [0.717, 1.165) is 18.7 Å². The van der Waals surface area contributed by atoms with Crippen LogP contribution < -0.4 is 10.2 Å². The Morgan fingerprint density at radius 3 is 2.75 bits per heavy atom. The van der Waals surface area contributed by atoms with Gasteiger partial charge in [0.15, 0.2) is 0 Å². The Bertz CT molecular complexity index is 622. The number of hydrogen-bond donors (Lipinski definition) is 1. The molecular weight excluding hydrogens is 248 g/mol. The van der Waals surface area contributed by atoms with Gasteiger partial charge < -0.3 is 10.2 Å². The molecule has 0 spiro atoms. The summed E-state index contributed by atoms with van der Waals surface area (Å²) in [5.41, 5.74) is 4.11. The van der Waals surface area contributed by atoms with Crippen LogP contribution in [0, 0.1) is 0 Å². The number of carbonyl (C=O) groups is 1. The SMILES string of the molecule is CN1CCCc2ccc(NC(=O)c3ccccc3)cc21. The highest BCUT2D eigenvalue weighted by atomic mass is 16.1. The number of nitrogens with zero attached hydrogens (tertiary/aromatic N) is 1. The maximum atomic E-state index is 12.1. The number of aryl methyl sites for hydroxylation is 1. The van der Waals surface area contributed by atoms with Gasteiger partial charge in [0.2, 0.25) is 0 Å². The monoisotopic (exact) mass is 266 g/mol. The molecular formula is C17H18N2O. The third-order valence-corrected chi connectivity index (χ3v) is 3.73. The van der Waals surface area contributed by atoms with E-state index in [0.29, 0.717) is 5.56 Å². The molecule has 3 nitrogen and oxygen atoms in total. The highest BCUT2D eigenvalue weighted by molar-refractivity contribution is 6.04. The van der Waals surface area contributed by atoms with Gasteiger partial charge in [-0.15, -0.1) is 0 Å². The number of nitrogens with one attached hydrogen (secondary N) is 1. The third kappa shape index (κ3) is 2.52. The summed E-state index contributed by atoms with van der Waals surface area (Å²) in [4.78, 5) is 14.4. The van der Waals surface area contributed by atoms with E-state index < -0.39 is 0 Å². The fourth-order valence-corrected chi connectivity index (χ4v) is 2.63. The average Bonchev–Trinajstić information content (AvgIpc) is 2.49. The van der Waals surface area contributed by atoms with Crippen molar-refractivity contribution in [3.05, 3.63) is 59.7 Å². The lowest BCUT2D eigenvalue weighted by Gasteiger charge is -2.28. The quantitative estimate of drug-likeness (QED) is 0.904. The Morgan fingerprint density at radius 1 is 1.15 bits per heavy atom. The van der Waals surface area contributed by atoms with E-state index in [1.54, 1.807) is 0 Å². The van der Waals surface area contributed by atoms with E-state index in [9.17, 15) is 4.79 Å². The van der Waals surface area contributed by atoms with E-state index in [1.165, 1.54) is 17.7 Å². The number of rotatable bonds is 2. The molecule has 102 valence electrons. The lowest BCUT2D eigenvalue weighted by molar-refractivity contribution is 0.102. The van der Waals surface area contributed by atoms with Gasteiger partial charge in [-0.2, -0.15) is 0 Å². The Balaban J connectivity index is 1.82. The summed E-state index contributed by atoms with van der Waals surface area (Å²) >= 11 is 0. The smallest absolute Gasteiger partial charge is 0.255 e. The highest BCUT2D eigenvalue weighted by Crippen LogP contribution is 2.29. The molecule has 3 rings (SSSR count). The first kappa shape index (κ1) is 12.7. The summed E-state index contributed by atoms with van der Waals surface area (Å²) < 4.78 is 0. The zero-order valence-electron chi connectivity index (χ0n) is 11.6. The van der Waals surface area contributed by atoms with Gasteiger partial charge in [0.25, 0.3) is 5.91 Å². The molecule has 1 heterocycles. The van der Waals surface area contributed by atoms with Crippen molar-refractivity contribution in [2.75, 3.05) is 23.8 Å². The van der Waals surface area contributed by atoms with Crippen molar-refractivity contribution in [1.82, 2.24) is 0 Å². The molecule has 0 fully saturated rings. The van der Waals surface area contributed by atoms with E-state index in [1.807, 2.05) is 36.4 Å². The third-order valence-electron chi connectivity index (χ3n) is 3.73. The minimum absolute atomic E-state index is 0.0657. The van der Waals surface area contributed by atoms with Crippen LogP contribution >= 0.6 is 0 Å². The van der Waals surface area contributed by atoms with E-state index >= 15 is 0 Å². The first-order chi connectivity index (χ1) is 9.74. The van der Waals surface area contributed by atoms with Gasteiger partial charge in [0, 0.05) is 30.5 Å². The van der Waals surface area contributed by atoms with Crippen molar-refractivity contribution >= 4 is 17.3 Å². The molecule has 0 aromatic heterocycles. The summed E-state index contributed by atoms with van der Waals surface area (Å²) in [5.74, 6) is -0.0657. The van der Waals surface area contributed by atoms with Crippen LogP contribution in [0.2, 0.25) is 0 Å². The first-order valence-electron chi connectivity index (χ1n) is 6.94. The van der Waals surface area contributed by atoms with Gasteiger partial charge in [0.05, 0.1) is 0 Å². The van der Waals surface area contributed by atoms with Crippen LogP contribution in [0.5, 0.6) is 0 Å². The van der Waals surface area contributed by atoms with Crippen LogP contribution in [0.4, 0.5) is 11.4 Å². The molecule has 2 aromatic carbocycles. The number of amides is 1. The summed E-state index contributed by atoms with van der Waals surface area (Å²) in [6.07, 6.45) is 2.31. The molecule has 0 atom stereocenters. The van der Waals surface area contributed by atoms with Crippen molar-refractivity contribution in [1.29, 1.82) is 0 Å². The molecule has 0 saturated carbocycles. The minimum Gasteiger partial charge on any atom is -0.374 e. The topological polar surface area (TPSA) is 32.3 Å². The first-order valence-corrected chi connectivity index (χ1v) is 6.94. The second-order valence-corrected chi connectivity index (χ2v) is 5.19. The van der Waals surface area contributed by atoms with Crippen LogP contribution in [0.1, 0.15) is 22.3 Å². The minimum atomic E-state index is -0.0657. The maximum absolute atomic E-state index is 12.1. The molecule has 1 N–H and O–H groups in total. The molecule has 3 heteroatoms. The lowest BCUT2D eigenvalue weighted by atomic mass is 10.0. The van der Waals surface area contributed by atoms with Crippen LogP contribution in [-0.2, 0) is 6.42 Å². The van der Waals surface area contributed by atoms with Gasteiger partial charge >= 0.3 is 0 Å². The summed E-state index contributed by atoms with van der Waals surface area (Å²) in [5, 5.41) is 2.96. The van der Waals surface area contributed by atoms with Gasteiger partial charge in [-0.1, -0.05) is 24.3 Å². The molecule has 20 heavy (non-hydrogen) atoms. The van der Waals surface area contributed by atoms with Crippen LogP contribution in [-0.4, -0.2) is 19.5 Å². The van der Waals surface area contributed by atoms with E-state index in [4.69, 9.17) is 0 Å². The standard InChI is InChI=1S/C17H18N2O/c1-19-11-5-8-13-9-10-15(12-16(13)19)18-17(20)14-6-3-2-4-7-14/h2-4,6-7,9-10,12H,5,8,11H2,1H3,(H,18,20). The largest absolute Gasteiger partial charge is 0.374 e. The van der Waals surface area contributed by atoms with Gasteiger partial charge in [-0.05, 0) is 42.7 Å². The molecule has 0 bridgehead atoms. The Labute approximate surface area is 119 Å². The summed E-state index contributed by atoms with van der Waals surface area (Å²) in [6.45, 7) is 1.07. The predicted octanol–water partition coefficient (Wildman–Crippen LogP) is 3.32. The van der Waals surface area contributed by atoms with Crippen LogP contribution in [0.15, 0.2) is 48.5 Å². The Morgan fingerprint density at radius 2 is 1.95 bits per heavy atom. The fraction of sp³-hybridized carbons (Fsp3) is 0.235. The fourth-order valence-electron chi connectivity index (χ4n) is 2.63. The molecule has 0 radical (unpaired) electrons. The van der Waals surface area contributed by atoms with Crippen molar-refractivity contribution in [3.8, 4) is 0 Å². The molecule has 1 aliphatic heterocycles. The van der Waals surface area contributed by atoms with E-state index in [-0.39, 0.29) is 5.91 Å². The number of benzene rings is 2. The number of anilines is 2. The van der Waals surface area contributed by atoms with Gasteiger partial charge in [-0.3, -0.25) is 4.79 Å². The molecule has 0 aliphatic carbocycles. The second kappa shape index (κ2) is 5.37. The molecule has 1 amide bonds. The number of fused-ring (bicyclic) bond motifs is 1. The van der Waals surface area contributed by atoms with Crippen molar-refractivity contribution in [3.63, 3.8) is 0 Å². The zero-order chi connectivity index (χ0) is 13.9.